The van der Waals surface area contributed by atoms with Crippen molar-refractivity contribution in [3.8, 4) is 0 Å². The normalized spacial score (nSPS) is 40.6. The number of rotatable bonds is 3. The van der Waals surface area contributed by atoms with Crippen molar-refractivity contribution < 1.29 is 9.47 Å². The van der Waals surface area contributed by atoms with Crippen LogP contribution in [0.25, 0.3) is 0 Å². The summed E-state index contributed by atoms with van der Waals surface area (Å²) < 4.78 is 11.0. The Kier molecular flexibility index (Phi) is 3.71. The molecule has 0 aromatic rings. The highest BCUT2D eigenvalue weighted by atomic mass is 16.5. The third-order valence-electron chi connectivity index (χ3n) is 2.81. The smallest absolute Gasteiger partial charge is 0.0804 e. The molecule has 0 aliphatic carbocycles. The predicted octanol–water partition coefficient (Wildman–Crippen LogP) is 1.18. The van der Waals surface area contributed by atoms with Crippen molar-refractivity contribution in [1.29, 1.82) is 0 Å². The minimum atomic E-state index is -0.0536. The van der Waals surface area contributed by atoms with Gasteiger partial charge in [0.25, 0.3) is 0 Å². The summed E-state index contributed by atoms with van der Waals surface area (Å²) in [5, 5.41) is 3.45. The Bertz CT molecular complexity index is 159. The van der Waals surface area contributed by atoms with E-state index >= 15 is 0 Å². The minimum absolute atomic E-state index is 0.0536. The zero-order valence-corrected chi connectivity index (χ0v) is 9.09. The van der Waals surface area contributed by atoms with Gasteiger partial charge in [-0.1, -0.05) is 0 Å². The summed E-state index contributed by atoms with van der Waals surface area (Å²) in [5.74, 6) is 0. The van der Waals surface area contributed by atoms with Crippen molar-refractivity contribution in [2.24, 2.45) is 0 Å². The summed E-state index contributed by atoms with van der Waals surface area (Å²) in [6, 6.07) is 0.454. The highest BCUT2D eigenvalue weighted by Gasteiger charge is 2.33. The molecule has 13 heavy (non-hydrogen) atoms. The first-order valence-corrected chi connectivity index (χ1v) is 4.97. The van der Waals surface area contributed by atoms with Crippen molar-refractivity contribution in [1.82, 2.24) is 5.32 Å². The minimum Gasteiger partial charge on any atom is -0.385 e. The summed E-state index contributed by atoms with van der Waals surface area (Å²) >= 11 is 0. The van der Waals surface area contributed by atoms with Gasteiger partial charge in [-0.3, -0.25) is 0 Å². The molecule has 1 heterocycles. The third-order valence-corrected chi connectivity index (χ3v) is 2.81. The van der Waals surface area contributed by atoms with Crippen LogP contribution in [0.15, 0.2) is 0 Å². The van der Waals surface area contributed by atoms with E-state index in [9.17, 15) is 0 Å². The number of morpholine rings is 1. The summed E-state index contributed by atoms with van der Waals surface area (Å²) in [5.41, 5.74) is -0.0536. The van der Waals surface area contributed by atoms with Gasteiger partial charge in [-0.2, -0.15) is 0 Å². The van der Waals surface area contributed by atoms with Crippen molar-refractivity contribution >= 4 is 0 Å². The van der Waals surface area contributed by atoms with Gasteiger partial charge in [0.15, 0.2) is 0 Å². The van der Waals surface area contributed by atoms with Crippen molar-refractivity contribution in [3.05, 3.63) is 0 Å². The molecular weight excluding hydrogens is 166 g/mol. The molecule has 78 valence electrons. The molecule has 1 aliphatic heterocycles. The van der Waals surface area contributed by atoms with Crippen LogP contribution in [0.2, 0.25) is 0 Å². The van der Waals surface area contributed by atoms with E-state index in [0.29, 0.717) is 6.04 Å². The lowest BCUT2D eigenvalue weighted by atomic mass is 9.98. The molecule has 3 unspecified atom stereocenters. The standard InChI is InChI=1S/C10H21NO2/c1-8-9(2)13-10(3,7-11-8)5-6-12-4/h8-9,11H,5-7H2,1-4H3. The van der Waals surface area contributed by atoms with E-state index in [1.807, 2.05) is 0 Å². The number of nitrogens with one attached hydrogen (secondary N) is 1. The molecule has 3 atom stereocenters. The largest absolute Gasteiger partial charge is 0.385 e. The van der Waals surface area contributed by atoms with Gasteiger partial charge in [0.1, 0.15) is 0 Å². The van der Waals surface area contributed by atoms with Crippen LogP contribution in [0.4, 0.5) is 0 Å². The maximum Gasteiger partial charge on any atom is 0.0804 e. The van der Waals surface area contributed by atoms with Crippen LogP contribution >= 0.6 is 0 Å². The van der Waals surface area contributed by atoms with E-state index in [1.165, 1.54) is 0 Å². The second kappa shape index (κ2) is 4.40. The van der Waals surface area contributed by atoms with Crippen LogP contribution in [0.3, 0.4) is 0 Å². The van der Waals surface area contributed by atoms with Crippen LogP contribution in [0, 0.1) is 0 Å². The van der Waals surface area contributed by atoms with Gasteiger partial charge in [-0.25, -0.2) is 0 Å². The van der Waals surface area contributed by atoms with E-state index in [1.54, 1.807) is 7.11 Å². The Morgan fingerprint density at radius 1 is 1.54 bits per heavy atom. The molecule has 0 amide bonds. The number of hydrogen-bond donors (Lipinski definition) is 1. The first-order chi connectivity index (χ1) is 6.07. The molecule has 0 bridgehead atoms. The van der Waals surface area contributed by atoms with E-state index in [0.717, 1.165) is 19.6 Å². The third kappa shape index (κ3) is 2.93. The molecule has 0 saturated carbocycles. The lowest BCUT2D eigenvalue weighted by Crippen LogP contribution is -2.56. The molecule has 0 aromatic heterocycles. The SMILES string of the molecule is COCCC1(C)CNC(C)C(C)O1. The van der Waals surface area contributed by atoms with Crippen molar-refractivity contribution in [2.75, 3.05) is 20.3 Å². The fourth-order valence-corrected chi connectivity index (χ4v) is 1.60. The summed E-state index contributed by atoms with van der Waals surface area (Å²) in [4.78, 5) is 0. The monoisotopic (exact) mass is 187 g/mol. The van der Waals surface area contributed by atoms with Gasteiger partial charge in [-0.15, -0.1) is 0 Å². The van der Waals surface area contributed by atoms with Crippen LogP contribution < -0.4 is 5.32 Å². The molecule has 0 aromatic carbocycles. The summed E-state index contributed by atoms with van der Waals surface area (Å²) in [7, 11) is 1.73. The molecule has 0 spiro atoms. The maximum absolute atomic E-state index is 5.95. The highest BCUT2D eigenvalue weighted by Crippen LogP contribution is 2.22. The van der Waals surface area contributed by atoms with Gasteiger partial charge in [-0.05, 0) is 20.8 Å². The molecule has 1 rings (SSSR count). The van der Waals surface area contributed by atoms with E-state index in [-0.39, 0.29) is 11.7 Å². The Morgan fingerprint density at radius 3 is 2.77 bits per heavy atom. The topological polar surface area (TPSA) is 30.5 Å². The molecule has 3 nitrogen and oxygen atoms in total. The number of methoxy groups -OCH3 is 1. The summed E-state index contributed by atoms with van der Waals surface area (Å²) in [6.07, 6.45) is 1.24. The van der Waals surface area contributed by atoms with Gasteiger partial charge in [0, 0.05) is 32.7 Å². The van der Waals surface area contributed by atoms with E-state index in [4.69, 9.17) is 9.47 Å². The summed E-state index contributed by atoms with van der Waals surface area (Å²) in [6.45, 7) is 8.09. The second-order valence-electron chi connectivity index (χ2n) is 4.19. The average molecular weight is 187 g/mol. The van der Waals surface area contributed by atoms with Crippen LogP contribution in [-0.2, 0) is 9.47 Å². The molecule has 1 N–H and O–H groups in total. The molecule has 0 radical (unpaired) electrons. The molecular formula is C10H21NO2. The number of ether oxygens (including phenoxy) is 2. The zero-order chi connectivity index (χ0) is 9.90. The van der Waals surface area contributed by atoms with Gasteiger partial charge in [0.2, 0.25) is 0 Å². The van der Waals surface area contributed by atoms with Gasteiger partial charge < -0.3 is 14.8 Å². The Balaban J connectivity index is 2.41. The zero-order valence-electron chi connectivity index (χ0n) is 9.09. The van der Waals surface area contributed by atoms with Crippen molar-refractivity contribution in [2.45, 2.75) is 44.9 Å². The fraction of sp³-hybridized carbons (Fsp3) is 1.00. The predicted molar refractivity (Wildman–Crippen MR) is 52.9 cm³/mol. The highest BCUT2D eigenvalue weighted by molar-refractivity contribution is 4.87. The Hall–Kier alpha value is -0.120. The van der Waals surface area contributed by atoms with Crippen LogP contribution in [-0.4, -0.2) is 38.0 Å². The van der Waals surface area contributed by atoms with Gasteiger partial charge >= 0.3 is 0 Å². The Morgan fingerprint density at radius 2 is 2.23 bits per heavy atom. The molecule has 1 saturated heterocycles. The molecule has 3 heteroatoms. The first kappa shape index (κ1) is 11.0. The lowest BCUT2D eigenvalue weighted by Gasteiger charge is -2.41. The quantitative estimate of drug-likeness (QED) is 0.719. The number of hydrogen-bond acceptors (Lipinski definition) is 3. The molecule has 1 fully saturated rings. The first-order valence-electron chi connectivity index (χ1n) is 4.97. The Labute approximate surface area is 80.8 Å². The van der Waals surface area contributed by atoms with E-state index < -0.39 is 0 Å². The lowest BCUT2D eigenvalue weighted by molar-refractivity contribution is -0.124. The maximum atomic E-state index is 5.95. The van der Waals surface area contributed by atoms with Crippen molar-refractivity contribution in [3.63, 3.8) is 0 Å². The van der Waals surface area contributed by atoms with E-state index in [2.05, 4.69) is 26.1 Å². The van der Waals surface area contributed by atoms with Crippen LogP contribution in [0.5, 0.6) is 0 Å². The average Bonchev–Trinajstić information content (AvgIpc) is 2.09. The van der Waals surface area contributed by atoms with Gasteiger partial charge in [0.05, 0.1) is 11.7 Å². The van der Waals surface area contributed by atoms with Crippen LogP contribution in [0.1, 0.15) is 27.2 Å². The fourth-order valence-electron chi connectivity index (χ4n) is 1.60. The second-order valence-corrected chi connectivity index (χ2v) is 4.19. The molecule has 1 aliphatic rings.